The first-order valence-electron chi connectivity index (χ1n) is 7.62. The van der Waals surface area contributed by atoms with Gasteiger partial charge in [-0.3, -0.25) is 4.79 Å². The van der Waals surface area contributed by atoms with Crippen molar-refractivity contribution in [1.29, 1.82) is 0 Å². The van der Waals surface area contributed by atoms with Crippen molar-refractivity contribution >= 4 is 35.5 Å². The number of hydrogen-bond acceptors (Lipinski definition) is 3. The van der Waals surface area contributed by atoms with Crippen molar-refractivity contribution in [2.24, 2.45) is 11.7 Å². The van der Waals surface area contributed by atoms with Gasteiger partial charge in [-0.2, -0.15) is 0 Å². The Balaban J connectivity index is 0. The zero-order valence-electron chi connectivity index (χ0n) is 12.7. The maximum atomic E-state index is 11.5. The van der Waals surface area contributed by atoms with Crippen molar-refractivity contribution in [3.63, 3.8) is 0 Å². The molecule has 0 saturated carbocycles. The van der Waals surface area contributed by atoms with Crippen LogP contribution in [0.5, 0.6) is 0 Å². The number of allylic oxidation sites excluding steroid dienone is 1. The topological polar surface area (TPSA) is 52.3 Å². The quantitative estimate of drug-likeness (QED) is 0.260. The summed E-state index contributed by atoms with van der Waals surface area (Å²) in [6, 6.07) is -0.482. The number of unbranched alkanes of at least 4 members (excludes halogenated alkanes) is 7. The average molecular weight is 293 g/mol. The van der Waals surface area contributed by atoms with Crippen molar-refractivity contribution in [2.75, 3.05) is 6.61 Å². The first kappa shape index (κ1) is 22.5. The molecule has 0 fully saturated rings. The van der Waals surface area contributed by atoms with Gasteiger partial charge in [0.1, 0.15) is 6.04 Å². The van der Waals surface area contributed by atoms with Crippen LogP contribution in [0.3, 0.4) is 0 Å². The van der Waals surface area contributed by atoms with Crippen LogP contribution in [0.1, 0.15) is 65.2 Å². The summed E-state index contributed by atoms with van der Waals surface area (Å²) in [5.41, 5.74) is 5.70. The molecular formula is C16H32NNaO2. The summed E-state index contributed by atoms with van der Waals surface area (Å²) in [4.78, 5) is 11.5. The molecule has 0 aromatic carbocycles. The van der Waals surface area contributed by atoms with E-state index in [1.165, 1.54) is 32.1 Å². The number of nitrogens with two attached hydrogens (primary N) is 1. The number of carbonyl (C=O) groups is 1. The first-order chi connectivity index (χ1) is 9.09. The third-order valence-electron chi connectivity index (χ3n) is 3.29. The van der Waals surface area contributed by atoms with Crippen molar-refractivity contribution < 1.29 is 9.53 Å². The van der Waals surface area contributed by atoms with Gasteiger partial charge in [0.15, 0.2) is 0 Å². The maximum absolute atomic E-state index is 11.5. The number of hydrogen-bond donors (Lipinski definition) is 1. The summed E-state index contributed by atoms with van der Waals surface area (Å²) in [5, 5.41) is 0. The number of ether oxygens (including phenoxy) is 1. The fourth-order valence-electron chi connectivity index (χ4n) is 1.82. The molecule has 1 atom stereocenters. The molecule has 2 N–H and O–H groups in total. The summed E-state index contributed by atoms with van der Waals surface area (Å²) in [6.45, 7) is 8.08. The van der Waals surface area contributed by atoms with E-state index in [1.807, 2.05) is 19.9 Å². The molecule has 0 saturated heterocycles. The van der Waals surface area contributed by atoms with Gasteiger partial charge in [-0.05, 0) is 25.2 Å². The van der Waals surface area contributed by atoms with Gasteiger partial charge in [0, 0.05) is 0 Å². The SMILES string of the molecule is C=CCCCCCCCCCOC(=O)[C@@H](N)C(C)C.[NaH]. The van der Waals surface area contributed by atoms with Crippen LogP contribution < -0.4 is 5.73 Å². The van der Waals surface area contributed by atoms with E-state index >= 15 is 0 Å². The van der Waals surface area contributed by atoms with Gasteiger partial charge in [0.25, 0.3) is 0 Å². The van der Waals surface area contributed by atoms with E-state index in [1.54, 1.807) is 0 Å². The van der Waals surface area contributed by atoms with Crippen LogP contribution in [0, 0.1) is 5.92 Å². The Morgan fingerprint density at radius 1 is 1.10 bits per heavy atom. The van der Waals surface area contributed by atoms with Crippen molar-refractivity contribution in [3.05, 3.63) is 12.7 Å². The Bertz CT molecular complexity index is 245. The Morgan fingerprint density at radius 2 is 1.60 bits per heavy atom. The van der Waals surface area contributed by atoms with Crippen LogP contribution in [0.4, 0.5) is 0 Å². The average Bonchev–Trinajstić information content (AvgIpc) is 2.39. The molecule has 0 unspecified atom stereocenters. The van der Waals surface area contributed by atoms with Gasteiger partial charge in [-0.1, -0.05) is 52.0 Å². The minimum absolute atomic E-state index is 0. The molecule has 0 rings (SSSR count). The van der Waals surface area contributed by atoms with Gasteiger partial charge in [0.05, 0.1) is 6.61 Å². The summed E-state index contributed by atoms with van der Waals surface area (Å²) >= 11 is 0. The molecule has 0 aromatic heterocycles. The van der Waals surface area contributed by atoms with Crippen molar-refractivity contribution in [1.82, 2.24) is 0 Å². The fraction of sp³-hybridized carbons (Fsp3) is 0.812. The summed E-state index contributed by atoms with van der Waals surface area (Å²) in [6.07, 6.45) is 11.5. The molecule has 0 aliphatic rings. The van der Waals surface area contributed by atoms with Gasteiger partial charge in [-0.15, -0.1) is 6.58 Å². The van der Waals surface area contributed by atoms with E-state index in [9.17, 15) is 4.79 Å². The van der Waals surface area contributed by atoms with Gasteiger partial charge in [-0.25, -0.2) is 0 Å². The van der Waals surface area contributed by atoms with Crippen molar-refractivity contribution in [3.8, 4) is 0 Å². The molecule has 20 heavy (non-hydrogen) atoms. The molecule has 0 heterocycles. The van der Waals surface area contributed by atoms with E-state index in [2.05, 4.69) is 6.58 Å². The zero-order chi connectivity index (χ0) is 14.5. The third-order valence-corrected chi connectivity index (χ3v) is 3.29. The number of esters is 1. The molecule has 3 nitrogen and oxygen atoms in total. The van der Waals surface area contributed by atoms with Crippen LogP contribution >= 0.6 is 0 Å². The predicted molar refractivity (Wildman–Crippen MR) is 88.1 cm³/mol. The van der Waals surface area contributed by atoms with E-state index in [0.29, 0.717) is 6.61 Å². The normalized spacial score (nSPS) is 11.8. The molecule has 0 amide bonds. The molecule has 0 aromatic rings. The van der Waals surface area contributed by atoms with E-state index < -0.39 is 6.04 Å². The van der Waals surface area contributed by atoms with Crippen LogP contribution in [0.25, 0.3) is 0 Å². The Kier molecular flexibility index (Phi) is 17.5. The minimum atomic E-state index is -0.482. The summed E-state index contributed by atoms with van der Waals surface area (Å²) in [7, 11) is 0. The molecule has 0 aliphatic carbocycles. The van der Waals surface area contributed by atoms with E-state index in [4.69, 9.17) is 10.5 Å². The Morgan fingerprint density at radius 3 is 2.10 bits per heavy atom. The standard InChI is InChI=1S/C16H31NO2.Na.H/c1-4-5-6-7-8-9-10-11-12-13-19-16(18)15(17)14(2)3;;/h4,14-15H,1,5-13,17H2,2-3H3;;/t15-;;/m0../s1. The Labute approximate surface area is 147 Å². The second-order valence-electron chi connectivity index (χ2n) is 5.49. The molecule has 0 spiro atoms. The van der Waals surface area contributed by atoms with Gasteiger partial charge < -0.3 is 10.5 Å². The second-order valence-corrected chi connectivity index (χ2v) is 5.49. The van der Waals surface area contributed by atoms with Gasteiger partial charge in [0.2, 0.25) is 0 Å². The molecule has 114 valence electrons. The first-order valence-corrected chi connectivity index (χ1v) is 7.62. The molecule has 0 aliphatic heterocycles. The molecular weight excluding hydrogens is 261 g/mol. The summed E-state index contributed by atoms with van der Waals surface area (Å²) < 4.78 is 5.15. The van der Waals surface area contributed by atoms with Crippen LogP contribution in [0.15, 0.2) is 12.7 Å². The zero-order valence-corrected chi connectivity index (χ0v) is 12.7. The van der Waals surface area contributed by atoms with Gasteiger partial charge >= 0.3 is 35.5 Å². The third kappa shape index (κ3) is 13.2. The second kappa shape index (κ2) is 15.6. The Hall–Kier alpha value is 0.170. The van der Waals surface area contributed by atoms with E-state index in [0.717, 1.165) is 19.3 Å². The van der Waals surface area contributed by atoms with Crippen LogP contribution in [0.2, 0.25) is 0 Å². The van der Waals surface area contributed by atoms with Crippen LogP contribution in [-0.2, 0) is 9.53 Å². The molecule has 4 heteroatoms. The fourth-order valence-corrected chi connectivity index (χ4v) is 1.82. The van der Waals surface area contributed by atoms with Crippen LogP contribution in [-0.4, -0.2) is 48.2 Å². The number of rotatable bonds is 12. The summed E-state index contributed by atoms with van der Waals surface area (Å²) in [5.74, 6) is -0.123. The monoisotopic (exact) mass is 293 g/mol. The van der Waals surface area contributed by atoms with E-state index in [-0.39, 0.29) is 41.4 Å². The number of carbonyl (C=O) groups excluding carboxylic acids is 1. The van der Waals surface area contributed by atoms with Crippen molar-refractivity contribution in [2.45, 2.75) is 71.3 Å². The predicted octanol–water partition coefficient (Wildman–Crippen LogP) is 3.17. The molecule has 0 bridgehead atoms. The molecule has 0 radical (unpaired) electrons.